The van der Waals surface area contributed by atoms with E-state index in [0.717, 1.165) is 25.9 Å². The van der Waals surface area contributed by atoms with Crippen LogP contribution in [0.15, 0.2) is 18.2 Å². The van der Waals surface area contributed by atoms with Gasteiger partial charge in [-0.1, -0.05) is 12.1 Å². The Labute approximate surface area is 120 Å². The summed E-state index contributed by atoms with van der Waals surface area (Å²) in [6, 6.07) is 6.81. The fraction of sp³-hybridized carbons (Fsp3) is 0.562. The molecule has 0 aromatic heterocycles. The summed E-state index contributed by atoms with van der Waals surface area (Å²) in [5, 5.41) is 0. The van der Waals surface area contributed by atoms with E-state index in [2.05, 4.69) is 30.1 Å². The number of carbonyl (C=O) groups excluding carboxylic acids is 1. The molecule has 2 atom stereocenters. The molecule has 2 aliphatic rings. The highest BCUT2D eigenvalue weighted by Crippen LogP contribution is 2.33. The van der Waals surface area contributed by atoms with Gasteiger partial charge in [-0.3, -0.25) is 4.79 Å². The largest absolute Gasteiger partial charge is 0.374 e. The van der Waals surface area contributed by atoms with Gasteiger partial charge in [-0.2, -0.15) is 0 Å². The summed E-state index contributed by atoms with van der Waals surface area (Å²) in [6.07, 6.45) is 2.09. The number of hydrogen-bond donors (Lipinski definition) is 1. The van der Waals surface area contributed by atoms with Crippen molar-refractivity contribution in [1.29, 1.82) is 0 Å². The van der Waals surface area contributed by atoms with Gasteiger partial charge in [0.05, 0.1) is 0 Å². The van der Waals surface area contributed by atoms with Gasteiger partial charge in [0.25, 0.3) is 0 Å². The molecule has 2 N–H and O–H groups in total. The van der Waals surface area contributed by atoms with Crippen LogP contribution < -0.4 is 10.6 Å². The molecule has 1 fully saturated rings. The van der Waals surface area contributed by atoms with Gasteiger partial charge < -0.3 is 15.5 Å². The Hall–Kier alpha value is -1.55. The fourth-order valence-corrected chi connectivity index (χ4v) is 3.50. The van der Waals surface area contributed by atoms with Crippen LogP contribution in [0.25, 0.3) is 0 Å². The van der Waals surface area contributed by atoms with Gasteiger partial charge in [0, 0.05) is 51.3 Å². The number of hydrogen-bond acceptors (Lipinski definition) is 3. The van der Waals surface area contributed by atoms with Crippen molar-refractivity contribution in [2.24, 2.45) is 5.73 Å². The number of piperidine rings is 1. The van der Waals surface area contributed by atoms with E-state index >= 15 is 0 Å². The Morgan fingerprint density at radius 1 is 1.35 bits per heavy atom. The lowest BCUT2D eigenvalue weighted by atomic mass is 9.85. The highest BCUT2D eigenvalue weighted by molar-refractivity contribution is 5.73. The van der Waals surface area contributed by atoms with Gasteiger partial charge in [-0.25, -0.2) is 0 Å². The lowest BCUT2D eigenvalue weighted by Crippen LogP contribution is -2.48. The monoisotopic (exact) mass is 273 g/mol. The number of nitrogens with zero attached hydrogens (tertiary/aromatic N) is 2. The first-order valence-corrected chi connectivity index (χ1v) is 7.41. The van der Waals surface area contributed by atoms with Crippen molar-refractivity contribution in [3.8, 4) is 0 Å². The van der Waals surface area contributed by atoms with E-state index < -0.39 is 0 Å². The quantitative estimate of drug-likeness (QED) is 0.840. The maximum absolute atomic E-state index is 11.4. The van der Waals surface area contributed by atoms with Gasteiger partial charge in [-0.05, 0) is 30.0 Å². The second-order valence-corrected chi connectivity index (χ2v) is 6.08. The van der Waals surface area contributed by atoms with Crippen LogP contribution in [0, 0.1) is 0 Å². The zero-order chi connectivity index (χ0) is 14.3. The molecule has 0 bridgehead atoms. The van der Waals surface area contributed by atoms with Crippen LogP contribution in [-0.4, -0.2) is 43.5 Å². The molecule has 0 aliphatic carbocycles. The van der Waals surface area contributed by atoms with Gasteiger partial charge in [0.2, 0.25) is 5.91 Å². The molecule has 1 aromatic carbocycles. The van der Waals surface area contributed by atoms with Crippen molar-refractivity contribution in [2.75, 3.05) is 31.6 Å². The number of carbonyl (C=O) groups is 1. The molecule has 0 radical (unpaired) electrons. The average molecular weight is 273 g/mol. The molecule has 3 rings (SSSR count). The number of likely N-dealkylation sites (tertiary alicyclic amines) is 1. The topological polar surface area (TPSA) is 49.6 Å². The van der Waals surface area contributed by atoms with Crippen molar-refractivity contribution in [1.82, 2.24) is 4.90 Å². The standard InChI is InChI=1S/C16H23N3O/c1-11(20)19-8-6-14(15(17)10-19)12-3-4-16-13(9-12)5-7-18(16)2/h3-4,9,14-15H,5-8,10,17H2,1-2H3. The van der Waals surface area contributed by atoms with Crippen LogP contribution in [0.5, 0.6) is 0 Å². The van der Waals surface area contributed by atoms with E-state index in [1.807, 2.05) is 4.90 Å². The molecule has 2 heterocycles. The van der Waals surface area contributed by atoms with Crippen molar-refractivity contribution in [2.45, 2.75) is 31.7 Å². The summed E-state index contributed by atoms with van der Waals surface area (Å²) in [5.74, 6) is 0.510. The molecule has 20 heavy (non-hydrogen) atoms. The molecular weight excluding hydrogens is 250 g/mol. The maximum atomic E-state index is 11.4. The van der Waals surface area contributed by atoms with Crippen LogP contribution in [0.3, 0.4) is 0 Å². The number of rotatable bonds is 1. The number of likely N-dealkylation sites (N-methyl/N-ethyl adjacent to an activating group) is 1. The zero-order valence-corrected chi connectivity index (χ0v) is 12.3. The predicted molar refractivity (Wildman–Crippen MR) is 81.0 cm³/mol. The maximum Gasteiger partial charge on any atom is 0.219 e. The third-order valence-corrected chi connectivity index (χ3v) is 4.76. The normalized spacial score (nSPS) is 25.8. The smallest absolute Gasteiger partial charge is 0.219 e. The second kappa shape index (κ2) is 5.09. The average Bonchev–Trinajstić information content (AvgIpc) is 2.79. The molecule has 1 saturated heterocycles. The third kappa shape index (κ3) is 2.29. The Kier molecular flexibility index (Phi) is 3.42. The Morgan fingerprint density at radius 3 is 2.85 bits per heavy atom. The van der Waals surface area contributed by atoms with E-state index in [9.17, 15) is 4.79 Å². The minimum atomic E-state index is 0.0461. The predicted octanol–water partition coefficient (Wildman–Crippen LogP) is 1.34. The summed E-state index contributed by atoms with van der Waals surface area (Å²) in [7, 11) is 2.14. The van der Waals surface area contributed by atoms with Crippen LogP contribution in [0.2, 0.25) is 0 Å². The first-order chi connectivity index (χ1) is 9.56. The van der Waals surface area contributed by atoms with Crippen LogP contribution in [0.1, 0.15) is 30.4 Å². The highest BCUT2D eigenvalue weighted by atomic mass is 16.2. The van der Waals surface area contributed by atoms with Gasteiger partial charge in [-0.15, -0.1) is 0 Å². The number of anilines is 1. The molecular formula is C16H23N3O. The number of fused-ring (bicyclic) bond motifs is 1. The van der Waals surface area contributed by atoms with Crippen molar-refractivity contribution < 1.29 is 4.79 Å². The minimum absolute atomic E-state index is 0.0461. The lowest BCUT2D eigenvalue weighted by molar-refractivity contribution is -0.130. The van der Waals surface area contributed by atoms with E-state index in [0.29, 0.717) is 12.5 Å². The molecule has 2 aliphatic heterocycles. The van der Waals surface area contributed by atoms with Crippen molar-refractivity contribution >= 4 is 11.6 Å². The van der Waals surface area contributed by atoms with Crippen LogP contribution in [0.4, 0.5) is 5.69 Å². The molecule has 108 valence electrons. The lowest BCUT2D eigenvalue weighted by Gasteiger charge is -2.36. The van der Waals surface area contributed by atoms with E-state index in [-0.39, 0.29) is 11.9 Å². The highest BCUT2D eigenvalue weighted by Gasteiger charge is 2.29. The van der Waals surface area contributed by atoms with Gasteiger partial charge in [0.1, 0.15) is 0 Å². The third-order valence-electron chi connectivity index (χ3n) is 4.76. The summed E-state index contributed by atoms with van der Waals surface area (Å²) in [4.78, 5) is 15.6. The first-order valence-electron chi connectivity index (χ1n) is 7.41. The molecule has 0 spiro atoms. The molecule has 2 unspecified atom stereocenters. The second-order valence-electron chi connectivity index (χ2n) is 6.08. The van der Waals surface area contributed by atoms with E-state index in [1.54, 1.807) is 6.92 Å². The van der Waals surface area contributed by atoms with E-state index in [4.69, 9.17) is 5.73 Å². The summed E-state index contributed by atoms with van der Waals surface area (Å²) >= 11 is 0. The SMILES string of the molecule is CC(=O)N1CCC(c2ccc3c(c2)CCN3C)C(N)C1. The summed E-state index contributed by atoms with van der Waals surface area (Å²) in [5.41, 5.74) is 10.4. The van der Waals surface area contributed by atoms with Crippen LogP contribution in [-0.2, 0) is 11.2 Å². The number of nitrogens with two attached hydrogens (primary N) is 1. The Morgan fingerprint density at radius 2 is 2.15 bits per heavy atom. The molecule has 0 saturated carbocycles. The van der Waals surface area contributed by atoms with E-state index in [1.165, 1.54) is 16.8 Å². The fourth-order valence-electron chi connectivity index (χ4n) is 3.50. The summed E-state index contributed by atoms with van der Waals surface area (Å²) in [6.45, 7) is 4.23. The zero-order valence-electron chi connectivity index (χ0n) is 12.3. The number of amides is 1. The van der Waals surface area contributed by atoms with Crippen molar-refractivity contribution in [3.63, 3.8) is 0 Å². The van der Waals surface area contributed by atoms with Crippen LogP contribution >= 0.6 is 0 Å². The Balaban J connectivity index is 1.79. The summed E-state index contributed by atoms with van der Waals surface area (Å²) < 4.78 is 0. The number of benzene rings is 1. The molecule has 4 nitrogen and oxygen atoms in total. The first kappa shape index (κ1) is 13.4. The van der Waals surface area contributed by atoms with Gasteiger partial charge in [0.15, 0.2) is 0 Å². The van der Waals surface area contributed by atoms with Gasteiger partial charge >= 0.3 is 0 Å². The minimum Gasteiger partial charge on any atom is -0.374 e. The molecule has 1 amide bonds. The molecule has 4 heteroatoms. The molecule has 1 aromatic rings. The Bertz CT molecular complexity index is 528. The van der Waals surface area contributed by atoms with Crippen molar-refractivity contribution in [3.05, 3.63) is 29.3 Å².